The van der Waals surface area contributed by atoms with Crippen molar-refractivity contribution in [2.24, 2.45) is 0 Å². The quantitative estimate of drug-likeness (QED) is 0.629. The van der Waals surface area contributed by atoms with Crippen molar-refractivity contribution in [2.45, 2.75) is 38.6 Å². The number of halogens is 1. The maximum atomic E-state index is 13.9. The number of aromatic carboxylic acids is 1. The topological polar surface area (TPSA) is 129 Å². The van der Waals surface area contributed by atoms with E-state index in [4.69, 9.17) is 9.84 Å². The molecule has 23 heavy (non-hydrogen) atoms. The number of carbonyl (C=O) groups excluding carboxylic acids is 1. The van der Waals surface area contributed by atoms with Gasteiger partial charge < -0.3 is 25.4 Å². The molecule has 128 valence electrons. The Morgan fingerprint density at radius 3 is 2.52 bits per heavy atom. The first-order chi connectivity index (χ1) is 10.5. The molecule has 0 aliphatic rings. The predicted octanol–water partition coefficient (Wildman–Crippen LogP) is 0.838. The van der Waals surface area contributed by atoms with Gasteiger partial charge in [0.05, 0.1) is 5.56 Å². The van der Waals surface area contributed by atoms with Gasteiger partial charge in [0.25, 0.3) is 0 Å². The molecule has 4 N–H and O–H groups in total. The molecule has 0 fully saturated rings. The summed E-state index contributed by atoms with van der Waals surface area (Å²) in [5.41, 5.74) is -2.04. The maximum Gasteiger partial charge on any atom is 0.407 e. The number of aliphatic hydroxyl groups excluding tert-OH is 2. The number of aliphatic hydroxyl groups is 2. The number of carboxylic acid groups (broad SMARTS) is 1. The van der Waals surface area contributed by atoms with Crippen molar-refractivity contribution in [1.82, 2.24) is 10.3 Å². The number of rotatable bonds is 5. The van der Waals surface area contributed by atoms with Gasteiger partial charge in [0.15, 0.2) is 5.82 Å². The van der Waals surface area contributed by atoms with Crippen LogP contribution in [0.5, 0.6) is 0 Å². The molecular weight excluding hydrogens is 311 g/mol. The Morgan fingerprint density at radius 2 is 2.00 bits per heavy atom. The van der Waals surface area contributed by atoms with E-state index < -0.39 is 53.5 Å². The molecule has 1 aromatic heterocycles. The lowest BCUT2D eigenvalue weighted by molar-refractivity contribution is 0.00894. The van der Waals surface area contributed by atoms with Gasteiger partial charge in [-0.25, -0.2) is 14.0 Å². The van der Waals surface area contributed by atoms with E-state index >= 15 is 0 Å². The molecule has 1 aromatic rings. The zero-order valence-electron chi connectivity index (χ0n) is 12.9. The fourth-order valence-electron chi connectivity index (χ4n) is 1.63. The number of amides is 1. The summed E-state index contributed by atoms with van der Waals surface area (Å²) in [4.78, 5) is 25.8. The minimum absolute atomic E-state index is 0.436. The number of nitrogens with one attached hydrogen (secondary N) is 1. The first kappa shape index (κ1) is 18.8. The third-order valence-electron chi connectivity index (χ3n) is 2.65. The Bertz CT molecular complexity index is 587. The van der Waals surface area contributed by atoms with Gasteiger partial charge >= 0.3 is 12.1 Å². The molecule has 0 bridgehead atoms. The van der Waals surface area contributed by atoms with Crippen LogP contribution in [0.25, 0.3) is 0 Å². The number of pyridine rings is 1. The fraction of sp³-hybridized carbons (Fsp3) is 0.500. The molecule has 0 aromatic carbocycles. The van der Waals surface area contributed by atoms with E-state index in [0.717, 1.165) is 12.3 Å². The number of ether oxygens (including phenoxy) is 1. The molecule has 0 saturated heterocycles. The van der Waals surface area contributed by atoms with E-state index in [1.54, 1.807) is 20.8 Å². The molecule has 0 spiro atoms. The molecule has 1 amide bonds. The summed E-state index contributed by atoms with van der Waals surface area (Å²) in [6.45, 7) is 4.51. The van der Waals surface area contributed by atoms with E-state index in [2.05, 4.69) is 10.3 Å². The molecule has 2 unspecified atom stereocenters. The van der Waals surface area contributed by atoms with E-state index in [-0.39, 0.29) is 0 Å². The second-order valence-corrected chi connectivity index (χ2v) is 5.76. The average Bonchev–Trinajstić information content (AvgIpc) is 2.42. The maximum absolute atomic E-state index is 13.9. The minimum atomic E-state index is -1.82. The van der Waals surface area contributed by atoms with Crippen LogP contribution in [-0.4, -0.2) is 50.6 Å². The summed E-state index contributed by atoms with van der Waals surface area (Å²) in [5, 5.41) is 30.7. The van der Waals surface area contributed by atoms with E-state index in [9.17, 15) is 24.2 Å². The Balaban J connectivity index is 2.74. The molecule has 1 rings (SSSR count). The van der Waals surface area contributed by atoms with Gasteiger partial charge in [-0.05, 0) is 26.8 Å². The molecular formula is C14H19FN2O6. The van der Waals surface area contributed by atoms with E-state index in [1.165, 1.54) is 0 Å². The Morgan fingerprint density at radius 1 is 1.39 bits per heavy atom. The Kier molecular flexibility index (Phi) is 5.99. The molecule has 0 saturated carbocycles. The number of hydrogen-bond acceptors (Lipinski definition) is 6. The SMILES string of the molecule is CC(C)(C)OC(=O)NCC(O)C(O)c1nccc(C(=O)O)c1F. The summed E-state index contributed by atoms with van der Waals surface area (Å²) in [7, 11) is 0. The first-order valence-electron chi connectivity index (χ1n) is 6.73. The minimum Gasteiger partial charge on any atom is -0.478 e. The average molecular weight is 330 g/mol. The second-order valence-electron chi connectivity index (χ2n) is 5.76. The van der Waals surface area contributed by atoms with Crippen molar-refractivity contribution in [3.63, 3.8) is 0 Å². The van der Waals surface area contributed by atoms with Gasteiger partial charge in [-0.2, -0.15) is 0 Å². The van der Waals surface area contributed by atoms with Crippen LogP contribution in [0.1, 0.15) is 42.9 Å². The fourth-order valence-corrected chi connectivity index (χ4v) is 1.63. The van der Waals surface area contributed by atoms with Crippen molar-refractivity contribution < 1.29 is 34.0 Å². The zero-order chi connectivity index (χ0) is 17.8. The van der Waals surface area contributed by atoms with Crippen LogP contribution in [0.2, 0.25) is 0 Å². The summed E-state index contributed by atoms with van der Waals surface area (Å²) < 4.78 is 18.9. The van der Waals surface area contributed by atoms with Crippen LogP contribution in [0, 0.1) is 5.82 Å². The van der Waals surface area contributed by atoms with Crippen LogP contribution in [-0.2, 0) is 4.74 Å². The number of aromatic nitrogens is 1. The molecule has 0 aliphatic heterocycles. The highest BCUT2D eigenvalue weighted by Crippen LogP contribution is 2.20. The third-order valence-corrected chi connectivity index (χ3v) is 2.65. The molecule has 1 heterocycles. The normalized spacial score (nSPS) is 14.0. The molecule has 0 radical (unpaired) electrons. The van der Waals surface area contributed by atoms with Crippen molar-refractivity contribution in [3.8, 4) is 0 Å². The van der Waals surface area contributed by atoms with Gasteiger partial charge in [-0.15, -0.1) is 0 Å². The largest absolute Gasteiger partial charge is 0.478 e. The van der Waals surface area contributed by atoms with Crippen LogP contribution in [0.4, 0.5) is 9.18 Å². The van der Waals surface area contributed by atoms with Crippen LogP contribution in [0.3, 0.4) is 0 Å². The van der Waals surface area contributed by atoms with Gasteiger partial charge in [0.2, 0.25) is 0 Å². The van der Waals surface area contributed by atoms with Crippen molar-refractivity contribution in [2.75, 3.05) is 6.54 Å². The van der Waals surface area contributed by atoms with E-state index in [0.29, 0.717) is 0 Å². The van der Waals surface area contributed by atoms with Gasteiger partial charge in [-0.3, -0.25) is 4.98 Å². The van der Waals surface area contributed by atoms with Crippen molar-refractivity contribution in [1.29, 1.82) is 0 Å². The lowest BCUT2D eigenvalue weighted by Crippen LogP contribution is -2.39. The summed E-state index contributed by atoms with van der Waals surface area (Å²) >= 11 is 0. The van der Waals surface area contributed by atoms with Gasteiger partial charge in [-0.1, -0.05) is 0 Å². The molecule has 2 atom stereocenters. The summed E-state index contributed by atoms with van der Waals surface area (Å²) in [6.07, 6.45) is -3.24. The molecule has 0 aliphatic carbocycles. The first-order valence-corrected chi connectivity index (χ1v) is 6.73. The van der Waals surface area contributed by atoms with Crippen molar-refractivity contribution in [3.05, 3.63) is 29.3 Å². The summed E-state index contributed by atoms with van der Waals surface area (Å²) in [6, 6.07) is 0.930. The highest BCUT2D eigenvalue weighted by atomic mass is 19.1. The monoisotopic (exact) mass is 330 g/mol. The van der Waals surface area contributed by atoms with Crippen LogP contribution in [0.15, 0.2) is 12.3 Å². The highest BCUT2D eigenvalue weighted by molar-refractivity contribution is 5.87. The molecule has 9 heteroatoms. The number of carboxylic acids is 1. The third kappa shape index (κ3) is 5.46. The number of carbonyl (C=O) groups is 2. The Labute approximate surface area is 131 Å². The number of nitrogens with zero attached hydrogens (tertiary/aromatic N) is 1. The molecule has 8 nitrogen and oxygen atoms in total. The lowest BCUT2D eigenvalue weighted by atomic mass is 10.1. The van der Waals surface area contributed by atoms with Crippen LogP contribution < -0.4 is 5.32 Å². The van der Waals surface area contributed by atoms with Gasteiger partial charge in [0, 0.05) is 12.7 Å². The van der Waals surface area contributed by atoms with Crippen molar-refractivity contribution >= 4 is 12.1 Å². The van der Waals surface area contributed by atoms with Crippen LogP contribution >= 0.6 is 0 Å². The Hall–Kier alpha value is -2.26. The number of hydrogen-bond donors (Lipinski definition) is 4. The number of alkyl carbamates (subject to hydrolysis) is 1. The second kappa shape index (κ2) is 7.34. The van der Waals surface area contributed by atoms with Gasteiger partial charge in [0.1, 0.15) is 23.5 Å². The predicted molar refractivity (Wildman–Crippen MR) is 76.4 cm³/mol. The lowest BCUT2D eigenvalue weighted by Gasteiger charge is -2.22. The highest BCUT2D eigenvalue weighted by Gasteiger charge is 2.27. The standard InChI is InChI=1S/C14H19FN2O6/c1-14(2,3)23-13(22)17-6-8(18)11(19)10-9(15)7(12(20)21)4-5-16-10/h4-5,8,11,18-19H,6H2,1-3H3,(H,17,22)(H,20,21). The zero-order valence-corrected chi connectivity index (χ0v) is 12.9. The smallest absolute Gasteiger partial charge is 0.407 e. The van der Waals surface area contributed by atoms with E-state index in [1.807, 2.05) is 0 Å². The summed E-state index contributed by atoms with van der Waals surface area (Å²) in [5.74, 6) is -2.77.